The first-order valence-corrected chi connectivity index (χ1v) is 13.6. The molecule has 9 nitrogen and oxygen atoms in total. The van der Waals surface area contributed by atoms with E-state index in [-0.39, 0.29) is 0 Å². The van der Waals surface area contributed by atoms with Crippen molar-refractivity contribution in [2.45, 2.75) is 20.4 Å². The second-order valence-electron chi connectivity index (χ2n) is 10.0. The van der Waals surface area contributed by atoms with Crippen molar-refractivity contribution in [3.05, 3.63) is 96.1 Å². The van der Waals surface area contributed by atoms with Gasteiger partial charge in [0, 0.05) is 18.2 Å². The lowest BCUT2D eigenvalue weighted by molar-refractivity contribution is 0.301. The summed E-state index contributed by atoms with van der Waals surface area (Å²) in [5, 5.41) is 14.6. The maximum absolute atomic E-state index is 6.02. The topological polar surface area (TPSA) is 99.3 Å². The molecule has 0 radical (unpaired) electrons. The molecule has 3 aromatic heterocycles. The second kappa shape index (κ2) is 10.0. The molecule has 202 valence electrons. The summed E-state index contributed by atoms with van der Waals surface area (Å²) < 4.78 is 10.3. The zero-order chi connectivity index (χ0) is 27.9. The Kier molecular flexibility index (Phi) is 6.04. The summed E-state index contributed by atoms with van der Waals surface area (Å²) in [6.45, 7) is 5.23. The van der Waals surface area contributed by atoms with Crippen LogP contribution in [0.4, 0.5) is 0 Å². The molecule has 0 unspecified atom stereocenters. The SMILES string of the molecule is CCOc1nc2c(C)cc(-c3nc4ccccc4n3C)cc2n1Cc1ccc(-c2ccccc2-c2nn[nH]n2)cc1. The number of para-hydroxylation sites is 2. The Labute approximate surface area is 236 Å². The van der Waals surface area contributed by atoms with Crippen LogP contribution in [0.3, 0.4) is 0 Å². The van der Waals surface area contributed by atoms with Crippen LogP contribution in [0.25, 0.3) is 56.0 Å². The number of nitrogens with one attached hydrogen (secondary N) is 1. The Morgan fingerprint density at radius 2 is 1.61 bits per heavy atom. The van der Waals surface area contributed by atoms with Crippen molar-refractivity contribution in [3.63, 3.8) is 0 Å². The smallest absolute Gasteiger partial charge is 0.297 e. The van der Waals surface area contributed by atoms with Crippen molar-refractivity contribution in [2.75, 3.05) is 6.61 Å². The van der Waals surface area contributed by atoms with E-state index in [1.807, 2.05) is 43.3 Å². The molecule has 41 heavy (non-hydrogen) atoms. The predicted molar refractivity (Wildman–Crippen MR) is 159 cm³/mol. The third kappa shape index (κ3) is 4.31. The van der Waals surface area contributed by atoms with E-state index in [9.17, 15) is 0 Å². The summed E-state index contributed by atoms with van der Waals surface area (Å²) >= 11 is 0. The average molecular weight is 541 g/mol. The molecule has 0 saturated heterocycles. The minimum absolute atomic E-state index is 0.534. The number of ether oxygens (including phenoxy) is 1. The number of aromatic amines is 1. The molecule has 0 amide bonds. The third-order valence-corrected chi connectivity index (χ3v) is 7.45. The number of tetrazole rings is 1. The van der Waals surface area contributed by atoms with Crippen molar-refractivity contribution in [1.82, 2.24) is 39.7 Å². The first-order valence-electron chi connectivity index (χ1n) is 13.6. The number of aromatic nitrogens is 8. The summed E-state index contributed by atoms with van der Waals surface area (Å²) in [4.78, 5) is 9.83. The van der Waals surface area contributed by atoms with E-state index in [0.29, 0.717) is 25.0 Å². The van der Waals surface area contributed by atoms with Crippen LogP contribution in [0.1, 0.15) is 18.1 Å². The van der Waals surface area contributed by atoms with E-state index >= 15 is 0 Å². The van der Waals surface area contributed by atoms with E-state index in [2.05, 4.69) is 92.3 Å². The Morgan fingerprint density at radius 3 is 2.37 bits per heavy atom. The van der Waals surface area contributed by atoms with Gasteiger partial charge in [-0.15, -0.1) is 10.2 Å². The standard InChI is InChI=1S/C32H28N8O/c1-4-41-32-34-29-20(2)17-23(31-33-26-11-7-8-12-27(26)39(31)3)18-28(29)40(32)19-21-13-15-22(16-14-21)24-9-5-6-10-25(24)30-35-37-38-36-30/h5-18H,4,19H2,1-3H3,(H,35,36,37,38). The highest BCUT2D eigenvalue weighted by atomic mass is 16.5. The zero-order valence-corrected chi connectivity index (χ0v) is 23.0. The normalized spacial score (nSPS) is 11.5. The van der Waals surface area contributed by atoms with E-state index in [0.717, 1.165) is 61.3 Å². The zero-order valence-electron chi connectivity index (χ0n) is 23.0. The van der Waals surface area contributed by atoms with Gasteiger partial charge in [0.1, 0.15) is 5.82 Å². The lowest BCUT2D eigenvalue weighted by Crippen LogP contribution is -2.05. The molecule has 7 rings (SSSR count). The Bertz CT molecular complexity index is 2000. The number of benzene rings is 4. The highest BCUT2D eigenvalue weighted by molar-refractivity contribution is 5.88. The summed E-state index contributed by atoms with van der Waals surface area (Å²) in [6.07, 6.45) is 0. The van der Waals surface area contributed by atoms with E-state index in [1.165, 1.54) is 0 Å². The summed E-state index contributed by atoms with van der Waals surface area (Å²) in [7, 11) is 2.06. The molecule has 0 spiro atoms. The van der Waals surface area contributed by atoms with Crippen molar-refractivity contribution in [3.8, 4) is 39.9 Å². The number of rotatable bonds is 7. The molecular weight excluding hydrogens is 512 g/mol. The van der Waals surface area contributed by atoms with Gasteiger partial charge in [-0.1, -0.05) is 60.7 Å². The van der Waals surface area contributed by atoms with Gasteiger partial charge in [0.25, 0.3) is 6.01 Å². The number of nitrogens with zero attached hydrogens (tertiary/aromatic N) is 7. The summed E-state index contributed by atoms with van der Waals surface area (Å²) in [5.41, 5.74) is 10.3. The van der Waals surface area contributed by atoms with Crippen LogP contribution in [-0.4, -0.2) is 46.3 Å². The van der Waals surface area contributed by atoms with Crippen LogP contribution >= 0.6 is 0 Å². The largest absolute Gasteiger partial charge is 0.465 e. The van der Waals surface area contributed by atoms with Gasteiger partial charge >= 0.3 is 0 Å². The van der Waals surface area contributed by atoms with Crippen molar-refractivity contribution in [1.29, 1.82) is 0 Å². The molecule has 0 atom stereocenters. The fraction of sp³-hybridized carbons (Fsp3) is 0.156. The fourth-order valence-corrected chi connectivity index (χ4v) is 5.47. The average Bonchev–Trinajstić information content (AvgIpc) is 3.73. The summed E-state index contributed by atoms with van der Waals surface area (Å²) in [6, 6.07) is 29.8. The van der Waals surface area contributed by atoms with Crippen LogP contribution in [-0.2, 0) is 13.6 Å². The van der Waals surface area contributed by atoms with Gasteiger partial charge < -0.3 is 9.30 Å². The molecule has 0 fully saturated rings. The summed E-state index contributed by atoms with van der Waals surface area (Å²) in [5.74, 6) is 1.49. The molecule has 0 bridgehead atoms. The molecule has 0 saturated carbocycles. The monoisotopic (exact) mass is 540 g/mol. The van der Waals surface area contributed by atoms with Gasteiger partial charge in [-0.25, -0.2) is 4.98 Å². The van der Waals surface area contributed by atoms with Gasteiger partial charge in [-0.2, -0.15) is 10.2 Å². The molecule has 4 aromatic carbocycles. The van der Waals surface area contributed by atoms with Crippen LogP contribution in [0, 0.1) is 6.92 Å². The minimum Gasteiger partial charge on any atom is -0.465 e. The molecule has 9 heteroatoms. The highest BCUT2D eigenvalue weighted by Gasteiger charge is 2.18. The predicted octanol–water partition coefficient (Wildman–Crippen LogP) is 6.19. The minimum atomic E-state index is 0.534. The molecular formula is C32H28N8O. The van der Waals surface area contributed by atoms with Crippen molar-refractivity contribution >= 4 is 22.1 Å². The molecule has 0 aliphatic carbocycles. The maximum atomic E-state index is 6.02. The molecule has 1 N–H and O–H groups in total. The molecule has 0 aliphatic rings. The second-order valence-corrected chi connectivity index (χ2v) is 10.0. The van der Waals surface area contributed by atoms with Gasteiger partial charge in [-0.3, -0.25) is 4.57 Å². The van der Waals surface area contributed by atoms with Gasteiger partial charge in [-0.05, 0) is 65.6 Å². The van der Waals surface area contributed by atoms with Crippen LogP contribution in [0.2, 0.25) is 0 Å². The first kappa shape index (κ1) is 24.7. The number of H-pyrrole nitrogens is 1. The molecule has 0 aliphatic heterocycles. The molecule has 7 aromatic rings. The number of aryl methyl sites for hydroxylation is 2. The van der Waals surface area contributed by atoms with E-state index in [4.69, 9.17) is 14.7 Å². The highest BCUT2D eigenvalue weighted by Crippen LogP contribution is 2.33. The van der Waals surface area contributed by atoms with Crippen LogP contribution < -0.4 is 4.74 Å². The third-order valence-electron chi connectivity index (χ3n) is 7.45. The van der Waals surface area contributed by atoms with Crippen molar-refractivity contribution in [2.24, 2.45) is 7.05 Å². The van der Waals surface area contributed by atoms with Gasteiger partial charge in [0.05, 0.1) is 35.2 Å². The van der Waals surface area contributed by atoms with Gasteiger partial charge in [0.2, 0.25) is 5.82 Å². The quantitative estimate of drug-likeness (QED) is 0.259. The number of imidazole rings is 2. The van der Waals surface area contributed by atoms with Gasteiger partial charge in [0.15, 0.2) is 0 Å². The molecule has 3 heterocycles. The lowest BCUT2D eigenvalue weighted by Gasteiger charge is -2.12. The number of fused-ring (bicyclic) bond motifs is 2. The van der Waals surface area contributed by atoms with Crippen LogP contribution in [0.5, 0.6) is 6.01 Å². The fourth-order valence-electron chi connectivity index (χ4n) is 5.47. The van der Waals surface area contributed by atoms with Crippen molar-refractivity contribution < 1.29 is 4.74 Å². The Morgan fingerprint density at radius 1 is 0.829 bits per heavy atom. The van der Waals surface area contributed by atoms with E-state index in [1.54, 1.807) is 0 Å². The first-order chi connectivity index (χ1) is 20.1. The van der Waals surface area contributed by atoms with E-state index < -0.39 is 0 Å². The number of hydrogen-bond acceptors (Lipinski definition) is 6. The maximum Gasteiger partial charge on any atom is 0.297 e. The Balaban J connectivity index is 1.28. The lowest BCUT2D eigenvalue weighted by atomic mass is 9.98. The Hall–Kier alpha value is -5.31. The van der Waals surface area contributed by atoms with Crippen LogP contribution in [0.15, 0.2) is 84.9 Å². The number of hydrogen-bond donors (Lipinski definition) is 1.